The van der Waals surface area contributed by atoms with Crippen LogP contribution in [0.4, 0.5) is 0 Å². The van der Waals surface area contributed by atoms with E-state index in [-0.39, 0.29) is 12.2 Å². The molecule has 3 heteroatoms. The molecule has 1 saturated carbocycles. The third kappa shape index (κ3) is 2.25. The first-order valence-corrected chi connectivity index (χ1v) is 6.52. The Kier molecular flexibility index (Phi) is 3.93. The molecule has 1 aliphatic rings. The Morgan fingerprint density at radius 3 is 2.44 bits per heavy atom. The van der Waals surface area contributed by atoms with Crippen molar-refractivity contribution in [3.8, 4) is 5.75 Å². The highest BCUT2D eigenvalue weighted by Crippen LogP contribution is 2.33. The van der Waals surface area contributed by atoms with Gasteiger partial charge in [0, 0.05) is 19.6 Å². The highest BCUT2D eigenvalue weighted by Gasteiger charge is 2.42. The summed E-state index contributed by atoms with van der Waals surface area (Å²) in [5.41, 5.74) is 3.70. The Morgan fingerprint density at radius 2 is 1.83 bits per heavy atom. The summed E-state index contributed by atoms with van der Waals surface area (Å²) in [6.45, 7) is 6.33. The Balaban J connectivity index is 2.13. The van der Waals surface area contributed by atoms with Crippen LogP contribution in [-0.4, -0.2) is 32.4 Å². The standard InChI is InChI=1S/C15H23NO2/c1-9-6-7-10(2)14(11(9)3)18-13-8-12(16-4)15(13)17-5/h6-7,12-13,15-16H,8H2,1-5H3. The summed E-state index contributed by atoms with van der Waals surface area (Å²) in [5.74, 6) is 1.02. The summed E-state index contributed by atoms with van der Waals surface area (Å²) in [4.78, 5) is 0. The molecule has 1 fully saturated rings. The molecule has 0 heterocycles. The van der Waals surface area contributed by atoms with Crippen LogP contribution in [0.1, 0.15) is 23.1 Å². The second-order valence-corrected chi connectivity index (χ2v) is 5.14. The van der Waals surface area contributed by atoms with Gasteiger partial charge in [-0.1, -0.05) is 12.1 Å². The number of ether oxygens (including phenoxy) is 2. The van der Waals surface area contributed by atoms with E-state index in [0.29, 0.717) is 6.04 Å². The SMILES string of the molecule is CNC1CC(Oc2c(C)ccc(C)c2C)C1OC. The zero-order valence-electron chi connectivity index (χ0n) is 11.9. The van der Waals surface area contributed by atoms with Gasteiger partial charge in [0.15, 0.2) is 0 Å². The van der Waals surface area contributed by atoms with Crippen molar-refractivity contribution in [2.75, 3.05) is 14.2 Å². The molecule has 3 atom stereocenters. The van der Waals surface area contributed by atoms with E-state index in [1.807, 2.05) is 7.05 Å². The fourth-order valence-electron chi connectivity index (χ4n) is 2.55. The highest BCUT2D eigenvalue weighted by molar-refractivity contribution is 5.44. The molecular weight excluding hydrogens is 226 g/mol. The third-order valence-electron chi connectivity index (χ3n) is 4.04. The van der Waals surface area contributed by atoms with Crippen LogP contribution in [0.15, 0.2) is 12.1 Å². The lowest BCUT2D eigenvalue weighted by molar-refractivity contribution is -0.0873. The summed E-state index contributed by atoms with van der Waals surface area (Å²) < 4.78 is 11.7. The van der Waals surface area contributed by atoms with E-state index in [2.05, 4.69) is 38.2 Å². The van der Waals surface area contributed by atoms with Crippen LogP contribution < -0.4 is 10.1 Å². The van der Waals surface area contributed by atoms with Crippen molar-refractivity contribution < 1.29 is 9.47 Å². The number of hydrogen-bond acceptors (Lipinski definition) is 3. The maximum Gasteiger partial charge on any atom is 0.128 e. The Morgan fingerprint density at radius 1 is 1.17 bits per heavy atom. The topological polar surface area (TPSA) is 30.5 Å². The van der Waals surface area contributed by atoms with Gasteiger partial charge < -0.3 is 14.8 Å². The first-order chi connectivity index (χ1) is 8.58. The average Bonchev–Trinajstić information content (AvgIpc) is 2.33. The molecule has 0 spiro atoms. The fraction of sp³-hybridized carbons (Fsp3) is 0.600. The van der Waals surface area contributed by atoms with E-state index in [0.717, 1.165) is 12.2 Å². The Labute approximate surface area is 109 Å². The van der Waals surface area contributed by atoms with Crippen molar-refractivity contribution in [3.05, 3.63) is 28.8 Å². The molecular formula is C15H23NO2. The number of hydrogen-bond donors (Lipinski definition) is 1. The molecule has 3 unspecified atom stereocenters. The predicted octanol–water partition coefficient (Wildman–Crippen LogP) is 2.37. The van der Waals surface area contributed by atoms with Crippen LogP contribution in [0.25, 0.3) is 0 Å². The molecule has 1 aromatic rings. The van der Waals surface area contributed by atoms with Gasteiger partial charge in [0.25, 0.3) is 0 Å². The molecule has 2 rings (SSSR count). The highest BCUT2D eigenvalue weighted by atomic mass is 16.5. The largest absolute Gasteiger partial charge is 0.487 e. The smallest absolute Gasteiger partial charge is 0.128 e. The number of nitrogens with one attached hydrogen (secondary N) is 1. The van der Waals surface area contributed by atoms with E-state index < -0.39 is 0 Å². The zero-order chi connectivity index (χ0) is 13.3. The van der Waals surface area contributed by atoms with Crippen molar-refractivity contribution in [3.63, 3.8) is 0 Å². The number of methoxy groups -OCH3 is 1. The zero-order valence-corrected chi connectivity index (χ0v) is 11.9. The van der Waals surface area contributed by atoms with E-state index in [9.17, 15) is 0 Å². The lowest BCUT2D eigenvalue weighted by atomic mass is 9.85. The van der Waals surface area contributed by atoms with Crippen LogP contribution in [0.2, 0.25) is 0 Å². The minimum absolute atomic E-state index is 0.148. The maximum atomic E-state index is 6.16. The van der Waals surface area contributed by atoms with E-state index in [4.69, 9.17) is 9.47 Å². The minimum atomic E-state index is 0.148. The van der Waals surface area contributed by atoms with E-state index in [1.54, 1.807) is 7.11 Å². The third-order valence-corrected chi connectivity index (χ3v) is 4.04. The number of benzene rings is 1. The first kappa shape index (κ1) is 13.4. The van der Waals surface area contributed by atoms with Crippen LogP contribution in [-0.2, 0) is 4.74 Å². The van der Waals surface area contributed by atoms with Crippen molar-refractivity contribution in [2.45, 2.75) is 45.4 Å². The lowest BCUT2D eigenvalue weighted by Crippen LogP contribution is -2.60. The summed E-state index contributed by atoms with van der Waals surface area (Å²) in [6, 6.07) is 4.67. The van der Waals surface area contributed by atoms with Gasteiger partial charge >= 0.3 is 0 Å². The van der Waals surface area contributed by atoms with Gasteiger partial charge in [-0.25, -0.2) is 0 Å². The quantitative estimate of drug-likeness (QED) is 0.888. The average molecular weight is 249 g/mol. The van der Waals surface area contributed by atoms with Crippen molar-refractivity contribution >= 4 is 0 Å². The molecule has 0 aromatic heterocycles. The van der Waals surface area contributed by atoms with Gasteiger partial charge in [0.2, 0.25) is 0 Å². The molecule has 3 nitrogen and oxygen atoms in total. The van der Waals surface area contributed by atoms with Gasteiger partial charge in [-0.2, -0.15) is 0 Å². The van der Waals surface area contributed by atoms with Gasteiger partial charge in [0.1, 0.15) is 18.0 Å². The number of likely N-dealkylation sites (N-methyl/N-ethyl adjacent to an activating group) is 1. The summed E-state index contributed by atoms with van der Waals surface area (Å²) >= 11 is 0. The summed E-state index contributed by atoms with van der Waals surface area (Å²) in [6.07, 6.45) is 1.31. The molecule has 100 valence electrons. The van der Waals surface area contributed by atoms with Gasteiger partial charge in [-0.15, -0.1) is 0 Å². The normalized spacial score (nSPS) is 26.8. The molecule has 0 amide bonds. The van der Waals surface area contributed by atoms with Gasteiger partial charge in [-0.3, -0.25) is 0 Å². The molecule has 0 aliphatic heterocycles. The Bertz CT molecular complexity index is 431. The summed E-state index contributed by atoms with van der Waals surface area (Å²) in [5, 5.41) is 3.25. The molecule has 0 radical (unpaired) electrons. The molecule has 1 N–H and O–H groups in total. The second-order valence-electron chi connectivity index (χ2n) is 5.14. The molecule has 0 saturated heterocycles. The molecule has 18 heavy (non-hydrogen) atoms. The van der Waals surface area contributed by atoms with Crippen LogP contribution >= 0.6 is 0 Å². The molecule has 1 aliphatic carbocycles. The lowest BCUT2D eigenvalue weighted by Gasteiger charge is -2.43. The van der Waals surface area contributed by atoms with Crippen LogP contribution in [0.3, 0.4) is 0 Å². The minimum Gasteiger partial charge on any atom is -0.487 e. The van der Waals surface area contributed by atoms with Gasteiger partial charge in [-0.05, 0) is 44.5 Å². The van der Waals surface area contributed by atoms with Crippen LogP contribution in [0.5, 0.6) is 5.75 Å². The fourth-order valence-corrected chi connectivity index (χ4v) is 2.55. The van der Waals surface area contributed by atoms with E-state index in [1.165, 1.54) is 16.7 Å². The maximum absolute atomic E-state index is 6.16. The van der Waals surface area contributed by atoms with Crippen LogP contribution in [0, 0.1) is 20.8 Å². The van der Waals surface area contributed by atoms with Crippen molar-refractivity contribution in [1.82, 2.24) is 5.32 Å². The number of rotatable bonds is 4. The molecule has 1 aromatic carbocycles. The number of aryl methyl sites for hydroxylation is 2. The predicted molar refractivity (Wildman–Crippen MR) is 73.3 cm³/mol. The molecule has 0 bridgehead atoms. The second kappa shape index (κ2) is 5.29. The van der Waals surface area contributed by atoms with Crippen molar-refractivity contribution in [2.24, 2.45) is 0 Å². The van der Waals surface area contributed by atoms with Crippen molar-refractivity contribution in [1.29, 1.82) is 0 Å². The monoisotopic (exact) mass is 249 g/mol. The Hall–Kier alpha value is -1.06. The summed E-state index contributed by atoms with van der Waals surface area (Å²) in [7, 11) is 3.72. The van der Waals surface area contributed by atoms with Gasteiger partial charge in [0.05, 0.1) is 0 Å². The van der Waals surface area contributed by atoms with E-state index >= 15 is 0 Å². The first-order valence-electron chi connectivity index (χ1n) is 6.52.